The lowest BCUT2D eigenvalue weighted by Crippen LogP contribution is -2.47. The SMILES string of the molecule is COC(=O)N[C@@H](C)C(=O)OCn1c(=O)ccn([C@@H]2O[C@H](CO[P@@](=O)(N[C@@H](C)C(=O)OC(C)C)Oc3ccccc3)[C@@H](O)[C@@]2(C)F)c1=O. The summed E-state index contributed by atoms with van der Waals surface area (Å²) in [6.45, 7) is 5.16. The van der Waals surface area contributed by atoms with Gasteiger partial charge in [0.05, 0.1) is 19.8 Å². The van der Waals surface area contributed by atoms with Gasteiger partial charge in [0.1, 0.15) is 30.0 Å². The maximum absolute atomic E-state index is 16.0. The number of methoxy groups -OCH3 is 1. The number of alkyl carbamates (subject to hydrolysis) is 1. The van der Waals surface area contributed by atoms with Crippen molar-refractivity contribution in [3.05, 3.63) is 63.4 Å². The predicted octanol–water partition coefficient (Wildman–Crippen LogP) is 1.38. The number of ether oxygens (including phenoxy) is 4. The Balaban J connectivity index is 1.80. The number of benzene rings is 1. The van der Waals surface area contributed by atoms with Gasteiger partial charge in [0.25, 0.3) is 5.56 Å². The van der Waals surface area contributed by atoms with E-state index in [1.807, 2.05) is 0 Å². The molecule has 3 rings (SSSR count). The molecule has 0 bridgehead atoms. The standard InChI is InChI=1S/C28H38FN4O13P/c1-16(2)44-24(37)18(4)31-47(40,46-19-10-8-7-9-11-19)43-14-20-22(35)28(5,29)25(45-20)32-13-12-21(34)33(27(32)39)15-42-23(36)17(3)30-26(38)41-6/h7-13,16-18,20,22,25,35H,14-15H2,1-6H3,(H,30,38)(H,31,40)/t17-,18-,20+,22+,25+,28+,47-/m0/s1. The van der Waals surface area contributed by atoms with E-state index in [4.69, 9.17) is 23.3 Å². The molecule has 1 aromatic heterocycles. The highest BCUT2D eigenvalue weighted by Crippen LogP contribution is 2.47. The first-order valence-corrected chi connectivity index (χ1v) is 15.9. The van der Waals surface area contributed by atoms with Gasteiger partial charge in [-0.1, -0.05) is 18.2 Å². The fourth-order valence-corrected chi connectivity index (χ4v) is 5.74. The highest BCUT2D eigenvalue weighted by molar-refractivity contribution is 7.52. The summed E-state index contributed by atoms with van der Waals surface area (Å²) in [6, 6.07) is 6.30. The number of aliphatic hydroxyl groups excluding tert-OH is 1. The molecule has 2 aromatic rings. The van der Waals surface area contributed by atoms with Crippen LogP contribution in [0.2, 0.25) is 0 Å². The number of aromatic nitrogens is 2. The van der Waals surface area contributed by atoms with Gasteiger partial charge < -0.3 is 33.9 Å². The van der Waals surface area contributed by atoms with Crippen LogP contribution in [0.5, 0.6) is 5.75 Å². The molecule has 17 nitrogen and oxygen atoms in total. The molecule has 47 heavy (non-hydrogen) atoms. The van der Waals surface area contributed by atoms with Gasteiger partial charge in [-0.2, -0.15) is 5.09 Å². The lowest BCUT2D eigenvalue weighted by Gasteiger charge is -2.25. The average molecular weight is 689 g/mol. The number of para-hydroxylation sites is 1. The number of alkyl halides is 1. The van der Waals surface area contributed by atoms with Gasteiger partial charge in [0.15, 0.2) is 18.6 Å². The molecule has 0 unspecified atom stereocenters. The molecule has 1 amide bonds. The molecule has 1 aromatic carbocycles. The number of hydrogen-bond acceptors (Lipinski definition) is 13. The molecule has 1 fully saturated rings. The number of halogens is 1. The summed E-state index contributed by atoms with van der Waals surface area (Å²) in [5.74, 6) is -1.68. The van der Waals surface area contributed by atoms with Crippen LogP contribution in [-0.4, -0.2) is 82.1 Å². The Labute approximate surface area is 268 Å². The monoisotopic (exact) mass is 688 g/mol. The summed E-state index contributed by atoms with van der Waals surface area (Å²) in [5.41, 5.74) is -4.76. The normalized spacial score (nSPS) is 23.3. The average Bonchev–Trinajstić information content (AvgIpc) is 3.23. The molecule has 19 heteroatoms. The Morgan fingerprint density at radius 2 is 1.74 bits per heavy atom. The molecule has 260 valence electrons. The molecule has 0 saturated carbocycles. The van der Waals surface area contributed by atoms with E-state index < -0.39 is 92.7 Å². The Bertz CT molecular complexity index is 1580. The van der Waals surface area contributed by atoms with Gasteiger partial charge in [-0.25, -0.2) is 27.9 Å². The maximum atomic E-state index is 16.0. The summed E-state index contributed by atoms with van der Waals surface area (Å²) in [4.78, 5) is 61.6. The minimum absolute atomic E-state index is 0.0961. The smallest absolute Gasteiger partial charge is 0.459 e. The molecule has 1 aliphatic heterocycles. The Morgan fingerprint density at radius 1 is 1.09 bits per heavy atom. The third-order valence-corrected chi connectivity index (χ3v) is 8.35. The topological polar surface area (TPSA) is 212 Å². The van der Waals surface area contributed by atoms with E-state index in [9.17, 15) is 33.6 Å². The van der Waals surface area contributed by atoms with E-state index in [-0.39, 0.29) is 5.75 Å². The van der Waals surface area contributed by atoms with Crippen molar-refractivity contribution in [2.24, 2.45) is 0 Å². The number of amides is 1. The zero-order chi connectivity index (χ0) is 35.1. The third-order valence-electron chi connectivity index (χ3n) is 6.71. The predicted molar refractivity (Wildman–Crippen MR) is 160 cm³/mol. The molecular formula is C28H38FN4O13P. The first-order valence-electron chi connectivity index (χ1n) is 14.3. The summed E-state index contributed by atoms with van der Waals surface area (Å²) in [5, 5.41) is 15.5. The van der Waals surface area contributed by atoms with Crippen LogP contribution in [0.4, 0.5) is 9.18 Å². The lowest BCUT2D eigenvalue weighted by atomic mass is 9.98. The molecule has 7 atom stereocenters. The quantitative estimate of drug-likeness (QED) is 0.145. The number of carbonyl (C=O) groups is 3. The van der Waals surface area contributed by atoms with E-state index in [0.29, 0.717) is 9.13 Å². The van der Waals surface area contributed by atoms with Crippen LogP contribution < -0.4 is 26.2 Å². The number of carbonyl (C=O) groups excluding carboxylic acids is 3. The summed E-state index contributed by atoms with van der Waals surface area (Å²) in [6.07, 6.45) is -5.82. The number of nitrogens with one attached hydrogen (secondary N) is 2. The molecular weight excluding hydrogens is 650 g/mol. The summed E-state index contributed by atoms with van der Waals surface area (Å²) in [7, 11) is -3.35. The van der Waals surface area contributed by atoms with E-state index in [2.05, 4.69) is 15.1 Å². The van der Waals surface area contributed by atoms with Crippen LogP contribution in [0, 0.1) is 0 Å². The number of esters is 2. The molecule has 1 aliphatic rings. The van der Waals surface area contributed by atoms with Crippen molar-refractivity contribution in [3.8, 4) is 5.75 Å². The van der Waals surface area contributed by atoms with Crippen molar-refractivity contribution >= 4 is 25.8 Å². The first kappa shape index (κ1) is 37.4. The molecule has 1 saturated heterocycles. The molecule has 2 heterocycles. The van der Waals surface area contributed by atoms with Gasteiger partial charge in [0.2, 0.25) is 0 Å². The molecule has 0 radical (unpaired) electrons. The van der Waals surface area contributed by atoms with Crippen molar-refractivity contribution < 1.29 is 56.4 Å². The van der Waals surface area contributed by atoms with E-state index in [1.165, 1.54) is 26.0 Å². The Kier molecular flexibility index (Phi) is 12.5. The number of aliphatic hydroxyl groups is 1. The maximum Gasteiger partial charge on any atom is 0.459 e. The van der Waals surface area contributed by atoms with Crippen molar-refractivity contribution in [2.75, 3.05) is 13.7 Å². The van der Waals surface area contributed by atoms with Crippen LogP contribution in [0.3, 0.4) is 0 Å². The van der Waals surface area contributed by atoms with E-state index >= 15 is 4.39 Å². The van der Waals surface area contributed by atoms with Gasteiger partial charge in [-0.05, 0) is 46.8 Å². The van der Waals surface area contributed by atoms with Crippen molar-refractivity contribution in [1.82, 2.24) is 19.5 Å². The third kappa shape index (κ3) is 9.48. The number of nitrogens with zero attached hydrogens (tertiary/aromatic N) is 2. The van der Waals surface area contributed by atoms with Crippen LogP contribution in [0.15, 0.2) is 52.2 Å². The van der Waals surface area contributed by atoms with Crippen LogP contribution in [0.25, 0.3) is 0 Å². The first-order chi connectivity index (χ1) is 22.0. The zero-order valence-corrected chi connectivity index (χ0v) is 27.4. The van der Waals surface area contributed by atoms with Crippen molar-refractivity contribution in [1.29, 1.82) is 0 Å². The van der Waals surface area contributed by atoms with Gasteiger partial charge >= 0.3 is 31.5 Å². The second kappa shape index (κ2) is 15.7. The van der Waals surface area contributed by atoms with Crippen molar-refractivity contribution in [3.63, 3.8) is 0 Å². The minimum Gasteiger partial charge on any atom is -0.462 e. The number of hydrogen-bond donors (Lipinski definition) is 3. The second-order valence-electron chi connectivity index (χ2n) is 10.9. The van der Waals surface area contributed by atoms with E-state index in [1.54, 1.807) is 32.0 Å². The second-order valence-corrected chi connectivity index (χ2v) is 12.6. The van der Waals surface area contributed by atoms with E-state index in [0.717, 1.165) is 26.3 Å². The summed E-state index contributed by atoms with van der Waals surface area (Å²) < 4.78 is 62.1. The zero-order valence-electron chi connectivity index (χ0n) is 26.5. The molecule has 3 N–H and O–H groups in total. The Hall–Kier alpha value is -4.09. The fraction of sp³-hybridized carbons (Fsp3) is 0.536. The van der Waals surface area contributed by atoms with Gasteiger partial charge in [-0.3, -0.25) is 18.7 Å². The summed E-state index contributed by atoms with van der Waals surface area (Å²) >= 11 is 0. The molecule has 0 spiro atoms. The fourth-order valence-electron chi connectivity index (χ4n) is 4.23. The molecule has 0 aliphatic carbocycles. The van der Waals surface area contributed by atoms with Crippen LogP contribution in [-0.2, 0) is 44.4 Å². The number of rotatable bonds is 14. The van der Waals surface area contributed by atoms with Crippen LogP contribution in [0.1, 0.15) is 40.8 Å². The largest absolute Gasteiger partial charge is 0.462 e. The highest BCUT2D eigenvalue weighted by atomic mass is 31.2. The minimum atomic E-state index is -4.43. The van der Waals surface area contributed by atoms with Crippen LogP contribution >= 0.6 is 7.75 Å². The lowest BCUT2D eigenvalue weighted by molar-refractivity contribution is -0.150. The van der Waals surface area contributed by atoms with Gasteiger partial charge in [0, 0.05) is 12.3 Å². The van der Waals surface area contributed by atoms with Gasteiger partial charge in [-0.15, -0.1) is 0 Å². The highest BCUT2D eigenvalue weighted by Gasteiger charge is 2.56. The Morgan fingerprint density at radius 3 is 2.36 bits per heavy atom. The van der Waals surface area contributed by atoms with Crippen molar-refractivity contribution in [2.45, 2.75) is 83.6 Å².